The van der Waals surface area contributed by atoms with Crippen LogP contribution in [0.25, 0.3) is 0 Å². The summed E-state index contributed by atoms with van der Waals surface area (Å²) in [5, 5.41) is 3.10. The largest absolute Gasteiger partial charge is 0.341 e. The van der Waals surface area contributed by atoms with Gasteiger partial charge in [0.05, 0.1) is 6.04 Å². The number of halogens is 1. The quantitative estimate of drug-likeness (QED) is 0.744. The summed E-state index contributed by atoms with van der Waals surface area (Å²) in [6.45, 7) is 4.97. The van der Waals surface area contributed by atoms with Crippen LogP contribution in [0, 0.1) is 28.6 Å². The topological polar surface area (TPSA) is 32.3 Å². The maximum atomic E-state index is 14.4. The molecule has 0 spiro atoms. The molecular weight excluding hydrogens is 327 g/mol. The smallest absolute Gasteiger partial charge is 0.239 e. The highest BCUT2D eigenvalue weighted by molar-refractivity contribution is 5.83. The Morgan fingerprint density at radius 1 is 1.04 bits per heavy atom. The molecule has 1 N–H and O–H groups in total. The zero-order chi connectivity index (χ0) is 18.3. The van der Waals surface area contributed by atoms with Crippen LogP contribution >= 0.6 is 0 Å². The monoisotopic (exact) mass is 362 g/mol. The first-order valence-electron chi connectivity index (χ1n) is 11.0. The molecule has 0 aromatic heterocycles. The summed E-state index contributed by atoms with van der Waals surface area (Å²) < 4.78 is 14.4. The number of likely N-dealkylation sites (tertiary alicyclic amines) is 1. The molecule has 4 heteroatoms. The van der Waals surface area contributed by atoms with Crippen molar-refractivity contribution < 1.29 is 9.18 Å². The number of amides is 1. The van der Waals surface area contributed by atoms with E-state index in [-0.39, 0.29) is 17.4 Å². The van der Waals surface area contributed by atoms with Crippen LogP contribution in [0.1, 0.15) is 78.1 Å². The van der Waals surface area contributed by atoms with Crippen LogP contribution in [0.5, 0.6) is 0 Å². The predicted octanol–water partition coefficient (Wildman–Crippen LogP) is 4.27. The van der Waals surface area contributed by atoms with Crippen LogP contribution in [-0.2, 0) is 4.79 Å². The fourth-order valence-electron chi connectivity index (χ4n) is 7.96. The van der Waals surface area contributed by atoms with Gasteiger partial charge in [-0.15, -0.1) is 0 Å². The Balaban J connectivity index is 1.44. The maximum absolute atomic E-state index is 14.4. The highest BCUT2D eigenvalue weighted by atomic mass is 19.1. The van der Waals surface area contributed by atoms with E-state index in [9.17, 15) is 9.18 Å². The first-order chi connectivity index (χ1) is 12.3. The van der Waals surface area contributed by atoms with Crippen molar-refractivity contribution in [1.82, 2.24) is 10.2 Å². The van der Waals surface area contributed by atoms with Gasteiger partial charge < -0.3 is 4.90 Å². The van der Waals surface area contributed by atoms with Crippen LogP contribution in [0.3, 0.4) is 0 Å². The second-order valence-corrected chi connectivity index (χ2v) is 10.9. The summed E-state index contributed by atoms with van der Waals surface area (Å²) in [5.74, 6) is 1.25. The third kappa shape index (κ3) is 2.36. The second kappa shape index (κ2) is 5.46. The summed E-state index contributed by atoms with van der Waals surface area (Å²) >= 11 is 0. The molecule has 7 atom stereocenters. The number of piperidine rings is 1. The van der Waals surface area contributed by atoms with Crippen molar-refractivity contribution in [2.75, 3.05) is 7.05 Å². The minimum atomic E-state index is -1.27. The molecule has 1 aliphatic heterocycles. The van der Waals surface area contributed by atoms with Crippen LogP contribution < -0.4 is 5.32 Å². The van der Waals surface area contributed by atoms with Gasteiger partial charge in [-0.1, -0.05) is 20.3 Å². The maximum Gasteiger partial charge on any atom is 0.239 e. The number of nitrogens with one attached hydrogen (secondary N) is 1. The van der Waals surface area contributed by atoms with E-state index in [1.807, 2.05) is 11.9 Å². The number of hydrogen-bond donors (Lipinski definition) is 1. The Morgan fingerprint density at radius 2 is 1.81 bits per heavy atom. The van der Waals surface area contributed by atoms with Gasteiger partial charge in [0.2, 0.25) is 5.91 Å². The Bertz CT molecular complexity index is 619. The van der Waals surface area contributed by atoms with E-state index in [1.54, 1.807) is 0 Å². The van der Waals surface area contributed by atoms with Crippen LogP contribution in [0.15, 0.2) is 0 Å². The fourth-order valence-corrected chi connectivity index (χ4v) is 7.96. The van der Waals surface area contributed by atoms with Gasteiger partial charge in [0.1, 0.15) is 0 Å². The molecule has 0 bridgehead atoms. The Morgan fingerprint density at radius 3 is 2.54 bits per heavy atom. The Hall–Kier alpha value is -0.640. The van der Waals surface area contributed by atoms with Gasteiger partial charge in [0.15, 0.2) is 5.79 Å². The SMILES string of the molecule is CN1C(=O)C(NC2(F)CC2)C[C@]2(C)[C@H]3CC[C@]4(C)CCC[C@H]4[C@@H]3CC[C@@H]12. The summed E-state index contributed by atoms with van der Waals surface area (Å²) in [6.07, 6.45) is 11.3. The first kappa shape index (κ1) is 17.5. The Labute approximate surface area is 157 Å². The van der Waals surface area contributed by atoms with E-state index in [1.165, 1.54) is 38.5 Å². The van der Waals surface area contributed by atoms with Crippen molar-refractivity contribution in [2.24, 2.45) is 28.6 Å². The number of nitrogens with zero attached hydrogens (tertiary/aromatic N) is 1. The highest BCUT2D eigenvalue weighted by Gasteiger charge is 2.61. The molecule has 5 fully saturated rings. The molecule has 26 heavy (non-hydrogen) atoms. The molecule has 1 saturated heterocycles. The zero-order valence-corrected chi connectivity index (χ0v) is 16.7. The number of hydrogen-bond acceptors (Lipinski definition) is 2. The van der Waals surface area contributed by atoms with E-state index in [4.69, 9.17) is 0 Å². The summed E-state index contributed by atoms with van der Waals surface area (Å²) in [7, 11) is 1.97. The van der Waals surface area contributed by atoms with E-state index < -0.39 is 5.79 Å². The molecule has 1 amide bonds. The number of fused-ring (bicyclic) bond motifs is 5. The van der Waals surface area contributed by atoms with Gasteiger partial charge in [-0.05, 0) is 86.4 Å². The van der Waals surface area contributed by atoms with Gasteiger partial charge in [0, 0.05) is 13.1 Å². The van der Waals surface area contributed by atoms with E-state index in [0.29, 0.717) is 30.2 Å². The number of carbonyl (C=O) groups excluding carboxylic acids is 1. The van der Waals surface area contributed by atoms with Crippen molar-refractivity contribution in [3.8, 4) is 0 Å². The van der Waals surface area contributed by atoms with Crippen molar-refractivity contribution in [2.45, 2.75) is 95.9 Å². The molecule has 5 rings (SSSR count). The van der Waals surface area contributed by atoms with Gasteiger partial charge in [-0.3, -0.25) is 10.1 Å². The first-order valence-corrected chi connectivity index (χ1v) is 11.0. The lowest BCUT2D eigenvalue weighted by molar-refractivity contribution is -0.163. The molecule has 0 radical (unpaired) electrons. The average molecular weight is 363 g/mol. The molecule has 0 aromatic carbocycles. The van der Waals surface area contributed by atoms with Crippen molar-refractivity contribution in [3.63, 3.8) is 0 Å². The molecule has 1 heterocycles. The molecule has 3 nitrogen and oxygen atoms in total. The number of alkyl halides is 1. The molecule has 1 unspecified atom stereocenters. The lowest BCUT2D eigenvalue weighted by atomic mass is 9.47. The minimum absolute atomic E-state index is 0.122. The molecule has 146 valence electrons. The van der Waals surface area contributed by atoms with Crippen molar-refractivity contribution in [1.29, 1.82) is 0 Å². The molecule has 0 aromatic rings. The van der Waals surface area contributed by atoms with E-state index in [0.717, 1.165) is 24.7 Å². The molecular formula is C22H35FN2O. The van der Waals surface area contributed by atoms with Crippen LogP contribution in [-0.4, -0.2) is 35.7 Å². The highest BCUT2D eigenvalue weighted by Crippen LogP contribution is 2.64. The molecule has 5 aliphatic rings. The van der Waals surface area contributed by atoms with Gasteiger partial charge in [-0.2, -0.15) is 0 Å². The summed E-state index contributed by atoms with van der Waals surface area (Å²) in [4.78, 5) is 14.9. The predicted molar refractivity (Wildman–Crippen MR) is 100 cm³/mol. The summed E-state index contributed by atoms with van der Waals surface area (Å²) in [6, 6.07) is 0.0132. The normalized spacial score (nSPS) is 52.2. The van der Waals surface area contributed by atoms with Gasteiger partial charge in [-0.25, -0.2) is 4.39 Å². The Kier molecular flexibility index (Phi) is 3.66. The lowest BCUT2D eigenvalue weighted by Crippen LogP contribution is -2.67. The van der Waals surface area contributed by atoms with Crippen LogP contribution in [0.2, 0.25) is 0 Å². The zero-order valence-electron chi connectivity index (χ0n) is 16.7. The second-order valence-electron chi connectivity index (χ2n) is 10.9. The average Bonchev–Trinajstić information content (AvgIpc) is 3.16. The number of carbonyl (C=O) groups is 1. The van der Waals surface area contributed by atoms with Gasteiger partial charge in [0.25, 0.3) is 0 Å². The fraction of sp³-hybridized carbons (Fsp3) is 0.955. The van der Waals surface area contributed by atoms with Crippen LogP contribution in [0.4, 0.5) is 4.39 Å². The molecule has 4 saturated carbocycles. The lowest BCUT2D eigenvalue weighted by Gasteiger charge is -2.62. The third-order valence-corrected chi connectivity index (χ3v) is 9.48. The van der Waals surface area contributed by atoms with E-state index >= 15 is 0 Å². The summed E-state index contributed by atoms with van der Waals surface area (Å²) in [5.41, 5.74) is 0.702. The number of likely N-dealkylation sites (N-methyl/N-ethyl adjacent to an activating group) is 1. The van der Waals surface area contributed by atoms with Crippen molar-refractivity contribution >= 4 is 5.91 Å². The standard InChI is InChI=1S/C22H35FN2O/c1-20-9-4-5-15(20)14-6-7-18-21(2,16(14)8-10-20)13-17(19(26)25(18)3)24-22(23)11-12-22/h14-18,24H,4-13H2,1-3H3/t14-,15-,16-,17?,18+,20-,21+/m0/s1. The van der Waals surface area contributed by atoms with Gasteiger partial charge >= 0.3 is 0 Å². The van der Waals surface area contributed by atoms with E-state index in [2.05, 4.69) is 19.2 Å². The number of rotatable bonds is 2. The molecule has 4 aliphatic carbocycles. The minimum Gasteiger partial charge on any atom is -0.341 e. The van der Waals surface area contributed by atoms with Crippen molar-refractivity contribution in [3.05, 3.63) is 0 Å². The third-order valence-electron chi connectivity index (χ3n) is 9.48.